The van der Waals surface area contributed by atoms with E-state index in [0.29, 0.717) is 6.54 Å². The Labute approximate surface area is 198 Å². The van der Waals surface area contributed by atoms with Crippen LogP contribution < -0.4 is 20.9 Å². The van der Waals surface area contributed by atoms with Gasteiger partial charge in [0.25, 0.3) is 0 Å². The topological polar surface area (TPSA) is 62.9 Å². The maximum atomic E-state index is 12.4. The average molecular weight is 451 g/mol. The number of amides is 2. The highest BCUT2D eigenvalue weighted by molar-refractivity contribution is 5.89. The lowest BCUT2D eigenvalue weighted by molar-refractivity contribution is 0.155. The summed E-state index contributed by atoms with van der Waals surface area (Å²) >= 11 is 0. The molecule has 2 aliphatic heterocycles. The van der Waals surface area contributed by atoms with Gasteiger partial charge < -0.3 is 25.8 Å². The fourth-order valence-electron chi connectivity index (χ4n) is 4.61. The molecule has 1 saturated heterocycles. The van der Waals surface area contributed by atoms with Crippen LogP contribution in [0.2, 0.25) is 0 Å². The fourth-order valence-corrected chi connectivity index (χ4v) is 4.61. The highest BCUT2D eigenvalue weighted by Gasteiger charge is 2.27. The first kappa shape index (κ1) is 23.4. The number of unbranched alkanes of at least 4 members (excludes halogenated alkanes) is 1. The van der Waals surface area contributed by atoms with Gasteiger partial charge in [-0.05, 0) is 43.3 Å². The molecule has 4 rings (SSSR count). The fraction of sp³-hybridized carbons (Fsp3) is 0.500. The van der Waals surface area contributed by atoms with Crippen LogP contribution in [-0.4, -0.2) is 74.9 Å². The summed E-state index contributed by atoms with van der Waals surface area (Å²) < 4.78 is 0. The Morgan fingerprint density at radius 2 is 1.88 bits per heavy atom. The Bertz CT molecular complexity index is 911. The first-order chi connectivity index (χ1) is 16.1. The van der Waals surface area contributed by atoms with Gasteiger partial charge in [-0.3, -0.25) is 4.90 Å². The summed E-state index contributed by atoms with van der Waals surface area (Å²) in [5.74, 6) is 0. The van der Waals surface area contributed by atoms with Crippen molar-refractivity contribution in [3.63, 3.8) is 0 Å². The maximum absolute atomic E-state index is 12.4. The Balaban J connectivity index is 1.29. The molecule has 0 radical (unpaired) electrons. The Kier molecular flexibility index (Phi) is 8.07. The molecular formula is C26H38N6O. The van der Waals surface area contributed by atoms with Crippen molar-refractivity contribution in [3.8, 4) is 0 Å². The number of hydrogen-bond donors (Lipinski definition) is 3. The van der Waals surface area contributed by atoms with Gasteiger partial charge in [0.2, 0.25) is 0 Å². The molecule has 7 nitrogen and oxygen atoms in total. The molecule has 2 aromatic rings. The Morgan fingerprint density at radius 3 is 2.70 bits per heavy atom. The minimum absolute atomic E-state index is 0.141. The highest BCUT2D eigenvalue weighted by Crippen LogP contribution is 2.35. The second-order valence-corrected chi connectivity index (χ2v) is 9.15. The zero-order valence-corrected chi connectivity index (χ0v) is 20.0. The van der Waals surface area contributed by atoms with Crippen LogP contribution in [0.15, 0.2) is 48.5 Å². The summed E-state index contributed by atoms with van der Waals surface area (Å²) in [5, 5.41) is 9.68. The molecule has 1 unspecified atom stereocenters. The normalized spacial score (nSPS) is 18.6. The first-order valence-electron chi connectivity index (χ1n) is 12.3. The molecule has 1 atom stereocenters. The Hall–Kier alpha value is -2.77. The Morgan fingerprint density at radius 1 is 1.06 bits per heavy atom. The van der Waals surface area contributed by atoms with Gasteiger partial charge in [0.15, 0.2) is 0 Å². The van der Waals surface area contributed by atoms with Gasteiger partial charge in [-0.2, -0.15) is 0 Å². The van der Waals surface area contributed by atoms with Crippen LogP contribution in [0.25, 0.3) is 0 Å². The van der Waals surface area contributed by atoms with E-state index in [1.54, 1.807) is 0 Å². The van der Waals surface area contributed by atoms with E-state index in [1.165, 1.54) is 29.8 Å². The van der Waals surface area contributed by atoms with Crippen molar-refractivity contribution in [2.24, 2.45) is 0 Å². The van der Waals surface area contributed by atoms with E-state index >= 15 is 0 Å². The van der Waals surface area contributed by atoms with Gasteiger partial charge in [0, 0.05) is 57.9 Å². The van der Waals surface area contributed by atoms with Crippen LogP contribution >= 0.6 is 0 Å². The van der Waals surface area contributed by atoms with E-state index in [2.05, 4.69) is 81.0 Å². The van der Waals surface area contributed by atoms with Gasteiger partial charge in [-0.25, -0.2) is 4.79 Å². The maximum Gasteiger partial charge on any atom is 0.319 e. The van der Waals surface area contributed by atoms with E-state index in [4.69, 9.17) is 0 Å². The van der Waals surface area contributed by atoms with Gasteiger partial charge in [0.1, 0.15) is 6.17 Å². The second-order valence-electron chi connectivity index (χ2n) is 9.15. The molecule has 178 valence electrons. The summed E-state index contributed by atoms with van der Waals surface area (Å²) in [5.41, 5.74) is 4.52. The molecule has 0 spiro atoms. The molecule has 0 saturated carbocycles. The number of piperazine rings is 1. The standard InChI is InChI=1S/C26H38N6O/c1-3-4-13-32-24-11-6-5-10-23(24)29-25(32)20-21-8-7-9-22(19-21)28-26(33)27-12-14-31-17-15-30(2)16-18-31/h5-11,19,25,29H,3-4,12-18,20H2,1-2H3,(H2,27,28,33). The van der Waals surface area contributed by atoms with Crippen LogP contribution in [0.1, 0.15) is 25.3 Å². The van der Waals surface area contributed by atoms with E-state index in [-0.39, 0.29) is 12.2 Å². The molecule has 0 bridgehead atoms. The molecule has 2 aromatic carbocycles. The van der Waals surface area contributed by atoms with Gasteiger partial charge >= 0.3 is 6.03 Å². The van der Waals surface area contributed by atoms with Crippen LogP contribution in [0.5, 0.6) is 0 Å². The third kappa shape index (κ3) is 6.39. The van der Waals surface area contributed by atoms with Crippen molar-refractivity contribution in [2.45, 2.75) is 32.4 Å². The molecule has 0 aliphatic carbocycles. The molecule has 2 amide bonds. The van der Waals surface area contributed by atoms with Crippen molar-refractivity contribution in [1.29, 1.82) is 0 Å². The number of likely N-dealkylation sites (N-methyl/N-ethyl adjacent to an activating group) is 1. The van der Waals surface area contributed by atoms with Crippen molar-refractivity contribution in [2.75, 3.05) is 68.4 Å². The second kappa shape index (κ2) is 11.4. The van der Waals surface area contributed by atoms with E-state index in [9.17, 15) is 4.79 Å². The van der Waals surface area contributed by atoms with Crippen molar-refractivity contribution in [1.82, 2.24) is 15.1 Å². The quantitative estimate of drug-likeness (QED) is 0.544. The molecule has 2 heterocycles. The van der Waals surface area contributed by atoms with Gasteiger partial charge in [-0.15, -0.1) is 0 Å². The number of nitrogens with one attached hydrogen (secondary N) is 3. The summed E-state index contributed by atoms with van der Waals surface area (Å²) in [6, 6.07) is 16.6. The summed E-state index contributed by atoms with van der Waals surface area (Å²) in [4.78, 5) is 19.6. The number of rotatable bonds is 9. The van der Waals surface area contributed by atoms with E-state index in [0.717, 1.165) is 51.4 Å². The van der Waals surface area contributed by atoms with Gasteiger partial charge in [0.05, 0.1) is 11.4 Å². The number of hydrogen-bond acceptors (Lipinski definition) is 5. The summed E-state index contributed by atoms with van der Waals surface area (Å²) in [6.07, 6.45) is 3.44. The zero-order chi connectivity index (χ0) is 23.0. The lowest BCUT2D eigenvalue weighted by Gasteiger charge is -2.32. The monoisotopic (exact) mass is 450 g/mol. The minimum atomic E-state index is -0.141. The summed E-state index contributed by atoms with van der Waals surface area (Å²) in [6.45, 7) is 9.14. The predicted molar refractivity (Wildman–Crippen MR) is 137 cm³/mol. The number of fused-ring (bicyclic) bond motifs is 1. The number of para-hydroxylation sites is 2. The van der Waals surface area contributed by atoms with Crippen molar-refractivity contribution >= 4 is 23.1 Å². The van der Waals surface area contributed by atoms with Crippen LogP contribution in [-0.2, 0) is 6.42 Å². The predicted octanol–water partition coefficient (Wildman–Crippen LogP) is 3.66. The first-order valence-corrected chi connectivity index (χ1v) is 12.3. The molecule has 7 heteroatoms. The molecule has 33 heavy (non-hydrogen) atoms. The largest absolute Gasteiger partial charge is 0.363 e. The lowest BCUT2D eigenvalue weighted by Crippen LogP contribution is -2.47. The van der Waals surface area contributed by atoms with Crippen molar-refractivity contribution < 1.29 is 4.79 Å². The zero-order valence-electron chi connectivity index (χ0n) is 20.0. The van der Waals surface area contributed by atoms with E-state index in [1.807, 2.05) is 12.1 Å². The highest BCUT2D eigenvalue weighted by atomic mass is 16.2. The third-order valence-corrected chi connectivity index (χ3v) is 6.59. The number of benzene rings is 2. The third-order valence-electron chi connectivity index (χ3n) is 6.59. The number of carbonyl (C=O) groups excluding carboxylic acids is 1. The van der Waals surface area contributed by atoms with Crippen LogP contribution in [0, 0.1) is 0 Å². The lowest BCUT2D eigenvalue weighted by atomic mass is 10.1. The van der Waals surface area contributed by atoms with Crippen LogP contribution in [0.3, 0.4) is 0 Å². The van der Waals surface area contributed by atoms with Crippen LogP contribution in [0.4, 0.5) is 21.9 Å². The summed E-state index contributed by atoms with van der Waals surface area (Å²) in [7, 11) is 2.15. The molecular weight excluding hydrogens is 412 g/mol. The molecule has 2 aliphatic rings. The number of carbonyl (C=O) groups is 1. The van der Waals surface area contributed by atoms with Gasteiger partial charge in [-0.1, -0.05) is 37.6 Å². The van der Waals surface area contributed by atoms with E-state index < -0.39 is 0 Å². The smallest absolute Gasteiger partial charge is 0.319 e. The minimum Gasteiger partial charge on any atom is -0.363 e. The van der Waals surface area contributed by atoms with Crippen molar-refractivity contribution in [3.05, 3.63) is 54.1 Å². The number of nitrogens with zero attached hydrogens (tertiary/aromatic N) is 3. The number of anilines is 3. The SMILES string of the molecule is CCCCN1c2ccccc2NC1Cc1cccc(NC(=O)NCCN2CCN(C)CC2)c1. The molecule has 1 fully saturated rings. The molecule has 0 aromatic heterocycles. The number of urea groups is 1. The molecule has 3 N–H and O–H groups in total. The average Bonchev–Trinajstić information content (AvgIpc) is 3.16.